The lowest BCUT2D eigenvalue weighted by Gasteiger charge is -2.11. The molecule has 1 aliphatic rings. The van der Waals surface area contributed by atoms with Crippen molar-refractivity contribution in [2.24, 2.45) is 5.92 Å². The molecule has 0 radical (unpaired) electrons. The first-order valence-electron chi connectivity index (χ1n) is 5.95. The second kappa shape index (κ2) is 4.53. The Labute approximate surface area is 110 Å². The Bertz CT molecular complexity index is 563. The highest BCUT2D eigenvalue weighted by atomic mass is 35.5. The highest BCUT2D eigenvalue weighted by Gasteiger charge is 2.22. The van der Waals surface area contributed by atoms with Gasteiger partial charge in [0, 0.05) is 16.1 Å². The standard InChI is InChI=1S/C13H14ClN3O/c14-9-3-4-12(18-7-8-1-2-8)10(5-9)11-6-16-17-13(11)15/h3-6,8H,1-2,7H2,(H3,15,16,17). The van der Waals surface area contributed by atoms with Gasteiger partial charge in [0.15, 0.2) is 0 Å². The number of benzene rings is 1. The smallest absolute Gasteiger partial charge is 0.127 e. The minimum Gasteiger partial charge on any atom is -0.493 e. The van der Waals surface area contributed by atoms with Gasteiger partial charge in [0.1, 0.15) is 11.6 Å². The first kappa shape index (κ1) is 11.4. The highest BCUT2D eigenvalue weighted by Crippen LogP contribution is 2.36. The molecular weight excluding hydrogens is 250 g/mol. The minimum absolute atomic E-state index is 0.522. The van der Waals surface area contributed by atoms with E-state index in [9.17, 15) is 0 Å². The maximum Gasteiger partial charge on any atom is 0.127 e. The summed E-state index contributed by atoms with van der Waals surface area (Å²) in [5, 5.41) is 7.30. The number of nitrogen functional groups attached to an aromatic ring is 1. The number of nitrogens with two attached hydrogens (primary N) is 1. The fraction of sp³-hybridized carbons (Fsp3) is 0.308. The summed E-state index contributed by atoms with van der Waals surface area (Å²) in [5.74, 6) is 2.03. The average Bonchev–Trinajstić information content (AvgIpc) is 3.09. The number of hydrogen-bond donors (Lipinski definition) is 2. The topological polar surface area (TPSA) is 63.9 Å². The molecule has 3 N–H and O–H groups in total. The fourth-order valence-electron chi connectivity index (χ4n) is 1.84. The van der Waals surface area contributed by atoms with Crippen LogP contribution in [0.25, 0.3) is 11.1 Å². The molecule has 0 unspecified atom stereocenters. The van der Waals surface area contributed by atoms with Crippen LogP contribution in [-0.4, -0.2) is 16.8 Å². The molecule has 1 aromatic carbocycles. The Morgan fingerprint density at radius 2 is 2.22 bits per heavy atom. The Balaban J connectivity index is 1.94. The second-order valence-electron chi connectivity index (χ2n) is 4.59. The van der Waals surface area contributed by atoms with E-state index in [-0.39, 0.29) is 0 Å². The summed E-state index contributed by atoms with van der Waals surface area (Å²) in [5.41, 5.74) is 7.55. The first-order valence-corrected chi connectivity index (χ1v) is 6.33. The predicted octanol–water partition coefficient (Wildman–Crippen LogP) is 3.10. The van der Waals surface area contributed by atoms with E-state index in [1.165, 1.54) is 12.8 Å². The average molecular weight is 264 g/mol. The molecule has 0 bridgehead atoms. The molecule has 94 valence electrons. The third-order valence-electron chi connectivity index (χ3n) is 3.07. The van der Waals surface area contributed by atoms with Crippen molar-refractivity contribution >= 4 is 17.4 Å². The molecule has 18 heavy (non-hydrogen) atoms. The van der Waals surface area contributed by atoms with Gasteiger partial charge in [0.25, 0.3) is 0 Å². The Morgan fingerprint density at radius 3 is 2.89 bits per heavy atom. The van der Waals surface area contributed by atoms with E-state index >= 15 is 0 Å². The van der Waals surface area contributed by atoms with Gasteiger partial charge in [-0.05, 0) is 37.0 Å². The summed E-state index contributed by atoms with van der Waals surface area (Å²) in [6, 6.07) is 5.56. The summed E-state index contributed by atoms with van der Waals surface area (Å²) < 4.78 is 5.84. The van der Waals surface area contributed by atoms with Crippen LogP contribution >= 0.6 is 11.6 Å². The number of aromatic nitrogens is 2. The van der Waals surface area contributed by atoms with E-state index in [1.807, 2.05) is 18.2 Å². The van der Waals surface area contributed by atoms with Crippen molar-refractivity contribution in [1.29, 1.82) is 0 Å². The second-order valence-corrected chi connectivity index (χ2v) is 5.03. The normalized spacial score (nSPS) is 14.7. The first-order chi connectivity index (χ1) is 8.74. The Morgan fingerprint density at radius 1 is 1.39 bits per heavy atom. The molecule has 0 saturated heterocycles. The largest absolute Gasteiger partial charge is 0.493 e. The summed E-state index contributed by atoms with van der Waals surface area (Å²) in [6.07, 6.45) is 4.21. The zero-order valence-corrected chi connectivity index (χ0v) is 10.6. The van der Waals surface area contributed by atoms with E-state index < -0.39 is 0 Å². The molecule has 1 saturated carbocycles. The lowest BCUT2D eigenvalue weighted by Crippen LogP contribution is -2.00. The number of hydrogen-bond acceptors (Lipinski definition) is 3. The summed E-state index contributed by atoms with van der Waals surface area (Å²) >= 11 is 6.03. The Kier molecular flexibility index (Phi) is 2.88. The molecule has 0 amide bonds. The van der Waals surface area contributed by atoms with Gasteiger partial charge < -0.3 is 10.5 Å². The molecule has 1 aliphatic carbocycles. The quantitative estimate of drug-likeness (QED) is 0.891. The maximum atomic E-state index is 6.03. The molecule has 3 rings (SSSR count). The van der Waals surface area contributed by atoms with Crippen LogP contribution in [0.2, 0.25) is 5.02 Å². The molecule has 1 heterocycles. The van der Waals surface area contributed by atoms with E-state index in [0.29, 0.717) is 16.8 Å². The lowest BCUT2D eigenvalue weighted by molar-refractivity contribution is 0.301. The highest BCUT2D eigenvalue weighted by molar-refractivity contribution is 6.31. The van der Waals surface area contributed by atoms with Crippen LogP contribution in [0.4, 0.5) is 5.82 Å². The van der Waals surface area contributed by atoms with Crippen molar-refractivity contribution in [3.8, 4) is 16.9 Å². The molecule has 2 aromatic rings. The number of halogens is 1. The zero-order valence-electron chi connectivity index (χ0n) is 9.82. The zero-order chi connectivity index (χ0) is 12.5. The number of H-pyrrole nitrogens is 1. The van der Waals surface area contributed by atoms with Gasteiger partial charge in [-0.3, -0.25) is 5.10 Å². The molecule has 0 atom stereocenters. The third kappa shape index (κ3) is 2.29. The lowest BCUT2D eigenvalue weighted by atomic mass is 10.1. The number of nitrogens with zero attached hydrogens (tertiary/aromatic N) is 1. The SMILES string of the molecule is Nc1[nH]ncc1-c1cc(Cl)ccc1OCC1CC1. The van der Waals surface area contributed by atoms with Crippen molar-refractivity contribution in [3.63, 3.8) is 0 Å². The monoisotopic (exact) mass is 263 g/mol. The fourth-order valence-corrected chi connectivity index (χ4v) is 2.01. The molecule has 1 fully saturated rings. The Hall–Kier alpha value is -1.68. The van der Waals surface area contributed by atoms with Crippen molar-refractivity contribution < 1.29 is 4.74 Å². The van der Waals surface area contributed by atoms with Gasteiger partial charge in [0.05, 0.1) is 12.8 Å². The van der Waals surface area contributed by atoms with Crippen LogP contribution in [0.15, 0.2) is 24.4 Å². The van der Waals surface area contributed by atoms with Crippen LogP contribution in [0.1, 0.15) is 12.8 Å². The number of rotatable bonds is 4. The van der Waals surface area contributed by atoms with E-state index in [4.69, 9.17) is 22.1 Å². The maximum absolute atomic E-state index is 6.03. The van der Waals surface area contributed by atoms with Gasteiger partial charge in [-0.1, -0.05) is 11.6 Å². The number of anilines is 1. The summed E-state index contributed by atoms with van der Waals surface area (Å²) in [4.78, 5) is 0. The third-order valence-corrected chi connectivity index (χ3v) is 3.31. The number of nitrogens with one attached hydrogen (secondary N) is 1. The van der Waals surface area contributed by atoms with Crippen molar-refractivity contribution in [2.75, 3.05) is 12.3 Å². The van der Waals surface area contributed by atoms with Crippen molar-refractivity contribution in [3.05, 3.63) is 29.4 Å². The van der Waals surface area contributed by atoms with Gasteiger partial charge in [-0.25, -0.2) is 0 Å². The molecular formula is C13H14ClN3O. The molecule has 0 spiro atoms. The molecule has 1 aromatic heterocycles. The molecule has 4 nitrogen and oxygen atoms in total. The van der Waals surface area contributed by atoms with E-state index in [1.54, 1.807) is 6.20 Å². The van der Waals surface area contributed by atoms with Crippen molar-refractivity contribution in [1.82, 2.24) is 10.2 Å². The van der Waals surface area contributed by atoms with E-state index in [2.05, 4.69) is 10.2 Å². The van der Waals surface area contributed by atoms with Gasteiger partial charge in [-0.15, -0.1) is 0 Å². The van der Waals surface area contributed by atoms with Crippen LogP contribution in [0, 0.1) is 5.92 Å². The van der Waals surface area contributed by atoms with Crippen LogP contribution in [0.3, 0.4) is 0 Å². The van der Waals surface area contributed by atoms with Crippen LogP contribution in [-0.2, 0) is 0 Å². The van der Waals surface area contributed by atoms with Gasteiger partial charge in [-0.2, -0.15) is 5.10 Å². The van der Waals surface area contributed by atoms with Crippen LogP contribution in [0.5, 0.6) is 5.75 Å². The summed E-state index contributed by atoms with van der Waals surface area (Å²) in [6.45, 7) is 0.756. The predicted molar refractivity (Wildman–Crippen MR) is 71.7 cm³/mol. The molecule has 0 aliphatic heterocycles. The van der Waals surface area contributed by atoms with Gasteiger partial charge >= 0.3 is 0 Å². The van der Waals surface area contributed by atoms with Crippen molar-refractivity contribution in [2.45, 2.75) is 12.8 Å². The van der Waals surface area contributed by atoms with Gasteiger partial charge in [0.2, 0.25) is 0 Å². The van der Waals surface area contributed by atoms with E-state index in [0.717, 1.165) is 23.5 Å². The number of ether oxygens (including phenoxy) is 1. The summed E-state index contributed by atoms with van der Waals surface area (Å²) in [7, 11) is 0. The minimum atomic E-state index is 0.522. The number of aromatic amines is 1. The van der Waals surface area contributed by atoms with Crippen LogP contribution < -0.4 is 10.5 Å². The molecule has 5 heteroatoms.